The van der Waals surface area contributed by atoms with E-state index < -0.39 is 0 Å². The molecule has 0 spiro atoms. The molecule has 0 aliphatic heterocycles. The van der Waals surface area contributed by atoms with E-state index in [9.17, 15) is 0 Å². The zero-order valence-corrected chi connectivity index (χ0v) is 13.0. The molecule has 2 aromatic heterocycles. The second-order valence-electron chi connectivity index (χ2n) is 4.82. The van der Waals surface area contributed by atoms with Crippen molar-refractivity contribution in [2.45, 2.75) is 32.7 Å². The van der Waals surface area contributed by atoms with Gasteiger partial charge in [-0.1, -0.05) is 25.4 Å². The van der Waals surface area contributed by atoms with E-state index in [-0.39, 0.29) is 6.04 Å². The summed E-state index contributed by atoms with van der Waals surface area (Å²) in [6, 6.07) is 6.21. The minimum Gasteiger partial charge on any atom is -0.309 e. The lowest BCUT2D eigenvalue weighted by Crippen LogP contribution is -2.24. The largest absolute Gasteiger partial charge is 0.309 e. The Balaban J connectivity index is 2.20. The van der Waals surface area contributed by atoms with Crippen molar-refractivity contribution in [1.29, 1.82) is 0 Å². The van der Waals surface area contributed by atoms with Gasteiger partial charge in [0.15, 0.2) is 0 Å². The Bertz CT molecular complexity index is 548. The number of nitrogens with zero attached hydrogens (tertiary/aromatic N) is 3. The van der Waals surface area contributed by atoms with Gasteiger partial charge in [-0.15, -0.1) is 0 Å². The van der Waals surface area contributed by atoms with E-state index >= 15 is 0 Å². The van der Waals surface area contributed by atoms with E-state index in [1.807, 2.05) is 23.9 Å². The molecule has 1 unspecified atom stereocenters. The normalized spacial score (nSPS) is 12.6. The Morgan fingerprint density at radius 1 is 1.35 bits per heavy atom. The molecule has 0 amide bonds. The molecule has 108 valence electrons. The van der Waals surface area contributed by atoms with Crippen LogP contribution in [-0.2, 0) is 19.9 Å². The number of hydrogen-bond donors (Lipinski definition) is 1. The third-order valence-corrected chi connectivity index (χ3v) is 3.58. The molecule has 1 atom stereocenters. The van der Waals surface area contributed by atoms with E-state index in [0.717, 1.165) is 30.8 Å². The van der Waals surface area contributed by atoms with Crippen molar-refractivity contribution in [3.05, 3.63) is 46.5 Å². The van der Waals surface area contributed by atoms with Crippen LogP contribution in [0.3, 0.4) is 0 Å². The lowest BCUT2D eigenvalue weighted by molar-refractivity contribution is 0.517. The quantitative estimate of drug-likeness (QED) is 0.890. The molecule has 4 nitrogen and oxygen atoms in total. The molecule has 1 N–H and O–H groups in total. The van der Waals surface area contributed by atoms with E-state index in [2.05, 4.69) is 35.3 Å². The molecule has 5 heteroatoms. The van der Waals surface area contributed by atoms with Crippen molar-refractivity contribution in [2.24, 2.45) is 7.05 Å². The summed E-state index contributed by atoms with van der Waals surface area (Å²) in [4.78, 5) is 4.43. The van der Waals surface area contributed by atoms with Crippen LogP contribution in [0.5, 0.6) is 0 Å². The van der Waals surface area contributed by atoms with E-state index in [1.165, 1.54) is 5.69 Å². The Morgan fingerprint density at radius 3 is 2.70 bits per heavy atom. The minimum absolute atomic E-state index is 0.178. The van der Waals surface area contributed by atoms with Crippen LogP contribution in [0.1, 0.15) is 37.0 Å². The highest BCUT2D eigenvalue weighted by molar-refractivity contribution is 6.30. The van der Waals surface area contributed by atoms with Crippen molar-refractivity contribution in [3.63, 3.8) is 0 Å². The number of hydrogen-bond acceptors (Lipinski definition) is 3. The average molecular weight is 293 g/mol. The molecule has 0 saturated carbocycles. The molecule has 2 heterocycles. The molecule has 0 aliphatic carbocycles. The van der Waals surface area contributed by atoms with Crippen LogP contribution in [-0.4, -0.2) is 21.3 Å². The van der Waals surface area contributed by atoms with Gasteiger partial charge in [0, 0.05) is 25.4 Å². The number of likely N-dealkylation sites (N-methyl/N-ethyl adjacent to an activating group) is 1. The first-order chi connectivity index (χ1) is 9.63. The zero-order valence-electron chi connectivity index (χ0n) is 12.2. The number of pyridine rings is 1. The second-order valence-corrected chi connectivity index (χ2v) is 5.26. The minimum atomic E-state index is 0.178. The van der Waals surface area contributed by atoms with E-state index in [4.69, 9.17) is 11.6 Å². The highest BCUT2D eigenvalue weighted by Gasteiger charge is 2.15. The van der Waals surface area contributed by atoms with Gasteiger partial charge in [0.05, 0.1) is 22.5 Å². The molecule has 2 aromatic rings. The first kappa shape index (κ1) is 15.0. The predicted molar refractivity (Wildman–Crippen MR) is 82.0 cm³/mol. The van der Waals surface area contributed by atoms with Crippen LogP contribution in [0.4, 0.5) is 0 Å². The van der Waals surface area contributed by atoms with Crippen LogP contribution in [0.2, 0.25) is 5.02 Å². The summed E-state index contributed by atoms with van der Waals surface area (Å²) in [6.45, 7) is 5.12. The molecule has 0 radical (unpaired) electrons. The standard InChI is InChI=1S/C15H21ClN4/c1-4-12-8-13(20(3)19-12)9-15(17-5-2)14-7-6-11(16)10-18-14/h6-8,10,15,17H,4-5,9H2,1-3H3. The van der Waals surface area contributed by atoms with Crippen molar-refractivity contribution in [1.82, 2.24) is 20.1 Å². The Kier molecular flexibility index (Phi) is 5.15. The average Bonchev–Trinajstić information content (AvgIpc) is 2.80. The van der Waals surface area contributed by atoms with Gasteiger partial charge in [-0.3, -0.25) is 9.67 Å². The van der Waals surface area contributed by atoms with Gasteiger partial charge in [-0.25, -0.2) is 0 Å². The van der Waals surface area contributed by atoms with Crippen molar-refractivity contribution >= 4 is 11.6 Å². The predicted octanol–water partition coefficient (Wildman–Crippen LogP) is 2.92. The maximum atomic E-state index is 5.90. The first-order valence-electron chi connectivity index (χ1n) is 7.00. The maximum absolute atomic E-state index is 5.90. The van der Waals surface area contributed by atoms with Crippen molar-refractivity contribution in [3.8, 4) is 0 Å². The summed E-state index contributed by atoms with van der Waals surface area (Å²) in [5.41, 5.74) is 3.35. The highest BCUT2D eigenvalue weighted by atomic mass is 35.5. The second kappa shape index (κ2) is 6.86. The molecular weight excluding hydrogens is 272 g/mol. The number of rotatable bonds is 6. The van der Waals surface area contributed by atoms with Crippen LogP contribution >= 0.6 is 11.6 Å². The van der Waals surface area contributed by atoms with Gasteiger partial charge < -0.3 is 5.32 Å². The van der Waals surface area contributed by atoms with Crippen LogP contribution < -0.4 is 5.32 Å². The zero-order chi connectivity index (χ0) is 14.5. The summed E-state index contributed by atoms with van der Waals surface area (Å²) in [7, 11) is 1.99. The smallest absolute Gasteiger partial charge is 0.0624 e. The van der Waals surface area contributed by atoms with E-state index in [1.54, 1.807) is 6.20 Å². The van der Waals surface area contributed by atoms with Crippen LogP contribution in [0, 0.1) is 0 Å². The van der Waals surface area contributed by atoms with Gasteiger partial charge in [0.1, 0.15) is 0 Å². The molecule has 0 aliphatic rings. The molecule has 2 rings (SSSR count). The van der Waals surface area contributed by atoms with Crippen molar-refractivity contribution < 1.29 is 0 Å². The fourth-order valence-corrected chi connectivity index (χ4v) is 2.38. The fraction of sp³-hybridized carbons (Fsp3) is 0.467. The lowest BCUT2D eigenvalue weighted by Gasteiger charge is -2.17. The molecular formula is C15H21ClN4. The monoisotopic (exact) mass is 292 g/mol. The van der Waals surface area contributed by atoms with Crippen LogP contribution in [0.15, 0.2) is 24.4 Å². The summed E-state index contributed by atoms with van der Waals surface area (Å²) >= 11 is 5.90. The molecule has 0 saturated heterocycles. The molecule has 0 bridgehead atoms. The summed E-state index contributed by atoms with van der Waals surface area (Å²) in [5.74, 6) is 0. The third kappa shape index (κ3) is 3.58. The number of nitrogens with one attached hydrogen (secondary N) is 1. The van der Waals surface area contributed by atoms with Gasteiger partial charge in [-0.2, -0.15) is 5.10 Å². The van der Waals surface area contributed by atoms with Gasteiger partial charge in [0.2, 0.25) is 0 Å². The highest BCUT2D eigenvalue weighted by Crippen LogP contribution is 2.18. The fourth-order valence-electron chi connectivity index (χ4n) is 2.27. The summed E-state index contributed by atoms with van der Waals surface area (Å²) in [6.07, 6.45) is 3.52. The molecule has 20 heavy (non-hydrogen) atoms. The number of halogens is 1. The van der Waals surface area contributed by atoms with Gasteiger partial charge in [-0.05, 0) is 31.2 Å². The lowest BCUT2D eigenvalue weighted by atomic mass is 10.1. The van der Waals surface area contributed by atoms with Gasteiger partial charge >= 0.3 is 0 Å². The number of aryl methyl sites for hydroxylation is 2. The van der Waals surface area contributed by atoms with Crippen molar-refractivity contribution in [2.75, 3.05) is 6.54 Å². The van der Waals surface area contributed by atoms with Crippen LogP contribution in [0.25, 0.3) is 0 Å². The molecule has 0 fully saturated rings. The Labute approximate surface area is 125 Å². The number of aromatic nitrogens is 3. The van der Waals surface area contributed by atoms with E-state index in [0.29, 0.717) is 5.02 Å². The summed E-state index contributed by atoms with van der Waals surface area (Å²) < 4.78 is 1.96. The topological polar surface area (TPSA) is 42.7 Å². The Hall–Kier alpha value is -1.39. The first-order valence-corrected chi connectivity index (χ1v) is 7.38. The third-order valence-electron chi connectivity index (χ3n) is 3.36. The molecule has 0 aromatic carbocycles. The Morgan fingerprint density at radius 2 is 2.15 bits per heavy atom. The maximum Gasteiger partial charge on any atom is 0.0624 e. The SMILES string of the molecule is CCNC(Cc1cc(CC)nn1C)c1ccc(Cl)cn1. The summed E-state index contributed by atoms with van der Waals surface area (Å²) in [5, 5.41) is 8.64. The van der Waals surface area contributed by atoms with Gasteiger partial charge in [0.25, 0.3) is 0 Å².